The van der Waals surface area contributed by atoms with Gasteiger partial charge in [0, 0.05) is 18.3 Å². The minimum absolute atomic E-state index is 0.0188. The molecular formula is C17H14N4O3S. The van der Waals surface area contributed by atoms with Gasteiger partial charge in [-0.05, 0) is 35.9 Å². The van der Waals surface area contributed by atoms with Gasteiger partial charge < -0.3 is 14.3 Å². The number of nitrogens with zero attached hydrogens (tertiary/aromatic N) is 3. The Morgan fingerprint density at radius 1 is 1.36 bits per heavy atom. The number of rotatable bonds is 5. The van der Waals surface area contributed by atoms with E-state index >= 15 is 0 Å². The lowest BCUT2D eigenvalue weighted by atomic mass is 10.1. The highest BCUT2D eigenvalue weighted by atomic mass is 32.2. The molecular weight excluding hydrogens is 340 g/mol. The molecule has 3 aromatic rings. The smallest absolute Gasteiger partial charge is 0.228 e. The van der Waals surface area contributed by atoms with Crippen LogP contribution in [0.2, 0.25) is 0 Å². The van der Waals surface area contributed by atoms with E-state index < -0.39 is 0 Å². The number of hydrogen-bond donors (Lipinski definition) is 1. The number of ketones is 1. The number of thioether (sulfide) groups is 1. The summed E-state index contributed by atoms with van der Waals surface area (Å²) in [5.41, 5.74) is 2.24. The van der Waals surface area contributed by atoms with Gasteiger partial charge in [-0.2, -0.15) is 0 Å². The minimum Gasteiger partial charge on any atom is -0.461 e. The molecule has 1 amide bonds. The second-order valence-corrected chi connectivity index (χ2v) is 6.59. The topological polar surface area (TPSA) is 90.0 Å². The Labute approximate surface area is 147 Å². The molecule has 7 nitrogen and oxygen atoms in total. The number of furan rings is 1. The van der Waals surface area contributed by atoms with Crippen LogP contribution in [0.4, 0.5) is 5.69 Å². The normalized spacial score (nSPS) is 12.9. The third-order valence-electron chi connectivity index (χ3n) is 3.96. The van der Waals surface area contributed by atoms with Gasteiger partial charge in [0.15, 0.2) is 22.5 Å². The summed E-state index contributed by atoms with van der Waals surface area (Å²) >= 11 is 1.32. The molecule has 0 aliphatic carbocycles. The number of carbonyl (C=O) groups is 2. The average molecular weight is 354 g/mol. The Hall–Kier alpha value is -2.87. The predicted molar refractivity (Wildman–Crippen MR) is 92.5 cm³/mol. The van der Waals surface area contributed by atoms with Crippen molar-refractivity contribution in [2.45, 2.75) is 11.6 Å². The van der Waals surface area contributed by atoms with Gasteiger partial charge in [0.25, 0.3) is 0 Å². The molecule has 4 rings (SSSR count). The summed E-state index contributed by atoms with van der Waals surface area (Å²) in [5, 5.41) is 11.6. The van der Waals surface area contributed by atoms with Crippen LogP contribution in [0.25, 0.3) is 11.6 Å². The van der Waals surface area contributed by atoms with E-state index in [1.807, 2.05) is 13.1 Å². The Morgan fingerprint density at radius 3 is 3.04 bits per heavy atom. The van der Waals surface area contributed by atoms with Crippen LogP contribution in [-0.4, -0.2) is 32.2 Å². The standard InChI is InChI=1S/C17H14N4O3S/c1-21-16(14-3-2-6-24-14)19-20-17(21)25-9-13(22)10-4-5-12-11(7-10)8-15(23)18-12/h2-7H,8-9H2,1H3,(H,18,23). The summed E-state index contributed by atoms with van der Waals surface area (Å²) in [5.74, 6) is 1.42. The molecule has 0 spiro atoms. The lowest BCUT2D eigenvalue weighted by Crippen LogP contribution is -2.04. The fourth-order valence-corrected chi connectivity index (χ4v) is 3.48. The van der Waals surface area contributed by atoms with E-state index in [1.165, 1.54) is 11.8 Å². The van der Waals surface area contributed by atoms with E-state index in [4.69, 9.17) is 4.42 Å². The van der Waals surface area contributed by atoms with E-state index in [2.05, 4.69) is 15.5 Å². The number of nitrogens with one attached hydrogen (secondary N) is 1. The van der Waals surface area contributed by atoms with Crippen LogP contribution in [0.5, 0.6) is 0 Å². The van der Waals surface area contributed by atoms with Gasteiger partial charge in [-0.1, -0.05) is 11.8 Å². The first-order chi connectivity index (χ1) is 12.1. The highest BCUT2D eigenvalue weighted by molar-refractivity contribution is 7.99. The zero-order valence-corrected chi connectivity index (χ0v) is 14.2. The Bertz CT molecular complexity index is 962. The molecule has 2 aromatic heterocycles. The number of benzene rings is 1. The molecule has 8 heteroatoms. The van der Waals surface area contributed by atoms with Crippen molar-refractivity contribution in [1.29, 1.82) is 0 Å². The van der Waals surface area contributed by atoms with Gasteiger partial charge in [0.1, 0.15) is 0 Å². The first-order valence-corrected chi connectivity index (χ1v) is 8.62. The van der Waals surface area contributed by atoms with Crippen molar-refractivity contribution in [2.24, 2.45) is 7.05 Å². The van der Waals surface area contributed by atoms with E-state index in [-0.39, 0.29) is 17.4 Å². The van der Waals surface area contributed by atoms with Crippen LogP contribution >= 0.6 is 11.8 Å². The maximum Gasteiger partial charge on any atom is 0.228 e. The number of amides is 1. The molecule has 0 bridgehead atoms. The molecule has 1 aliphatic heterocycles. The second kappa shape index (κ2) is 6.21. The summed E-state index contributed by atoms with van der Waals surface area (Å²) in [6.45, 7) is 0. The molecule has 0 saturated carbocycles. The number of fused-ring (bicyclic) bond motifs is 1. The van der Waals surface area contributed by atoms with Gasteiger partial charge in [-0.15, -0.1) is 10.2 Å². The quantitative estimate of drug-likeness (QED) is 0.559. The minimum atomic E-state index is -0.0430. The fraction of sp³-hybridized carbons (Fsp3) is 0.176. The second-order valence-electron chi connectivity index (χ2n) is 5.65. The largest absolute Gasteiger partial charge is 0.461 e. The number of hydrogen-bond acceptors (Lipinski definition) is 6. The highest BCUT2D eigenvalue weighted by Gasteiger charge is 2.20. The van der Waals surface area contributed by atoms with Gasteiger partial charge in [-0.25, -0.2) is 0 Å². The Kier molecular flexibility index (Phi) is 3.89. The van der Waals surface area contributed by atoms with Crippen molar-refractivity contribution in [1.82, 2.24) is 14.8 Å². The van der Waals surface area contributed by atoms with Crippen molar-refractivity contribution >= 4 is 29.1 Å². The number of aromatic nitrogens is 3. The van der Waals surface area contributed by atoms with Gasteiger partial charge in [-0.3, -0.25) is 9.59 Å². The van der Waals surface area contributed by atoms with Crippen LogP contribution in [0.1, 0.15) is 15.9 Å². The van der Waals surface area contributed by atoms with Crippen LogP contribution in [0.15, 0.2) is 46.2 Å². The third kappa shape index (κ3) is 2.96. The number of anilines is 1. The predicted octanol–water partition coefficient (Wildman–Crippen LogP) is 2.54. The Balaban J connectivity index is 1.46. The number of carbonyl (C=O) groups excluding carboxylic acids is 2. The van der Waals surface area contributed by atoms with E-state index in [9.17, 15) is 9.59 Å². The zero-order chi connectivity index (χ0) is 17.4. The summed E-state index contributed by atoms with van der Waals surface area (Å²) in [6.07, 6.45) is 1.90. The van der Waals surface area contributed by atoms with Crippen LogP contribution in [0, 0.1) is 0 Å². The van der Waals surface area contributed by atoms with Gasteiger partial charge >= 0.3 is 0 Å². The third-order valence-corrected chi connectivity index (χ3v) is 4.98. The molecule has 1 aliphatic rings. The Morgan fingerprint density at radius 2 is 2.24 bits per heavy atom. The van der Waals surface area contributed by atoms with Crippen molar-refractivity contribution in [3.05, 3.63) is 47.7 Å². The molecule has 1 N–H and O–H groups in total. The molecule has 0 radical (unpaired) electrons. The molecule has 0 fully saturated rings. The molecule has 25 heavy (non-hydrogen) atoms. The van der Waals surface area contributed by atoms with Crippen LogP contribution in [-0.2, 0) is 18.3 Å². The molecule has 126 valence electrons. The summed E-state index contributed by atoms with van der Waals surface area (Å²) < 4.78 is 7.12. The van der Waals surface area contributed by atoms with Crippen molar-refractivity contribution in [3.63, 3.8) is 0 Å². The molecule has 1 aromatic carbocycles. The first kappa shape index (κ1) is 15.6. The summed E-state index contributed by atoms with van der Waals surface area (Å²) in [4.78, 5) is 23.8. The molecule has 0 saturated heterocycles. The first-order valence-electron chi connectivity index (χ1n) is 7.64. The summed E-state index contributed by atoms with van der Waals surface area (Å²) in [6, 6.07) is 8.88. The maximum absolute atomic E-state index is 12.4. The lowest BCUT2D eigenvalue weighted by molar-refractivity contribution is -0.115. The molecule has 0 atom stereocenters. The molecule has 3 heterocycles. The van der Waals surface area contributed by atoms with Gasteiger partial charge in [0.05, 0.1) is 18.4 Å². The van der Waals surface area contributed by atoms with Crippen LogP contribution < -0.4 is 5.32 Å². The SMILES string of the molecule is Cn1c(SCC(=O)c2ccc3c(c2)CC(=O)N3)nnc1-c1ccco1. The highest BCUT2D eigenvalue weighted by Crippen LogP contribution is 2.26. The fourth-order valence-electron chi connectivity index (χ4n) is 2.68. The maximum atomic E-state index is 12.4. The monoisotopic (exact) mass is 354 g/mol. The van der Waals surface area contributed by atoms with E-state index in [0.29, 0.717) is 28.7 Å². The lowest BCUT2D eigenvalue weighted by Gasteiger charge is -2.04. The summed E-state index contributed by atoms with van der Waals surface area (Å²) in [7, 11) is 1.83. The van der Waals surface area contributed by atoms with Crippen LogP contribution in [0.3, 0.4) is 0 Å². The van der Waals surface area contributed by atoms with Crippen molar-refractivity contribution in [3.8, 4) is 11.6 Å². The van der Waals surface area contributed by atoms with Crippen molar-refractivity contribution in [2.75, 3.05) is 11.1 Å². The van der Waals surface area contributed by atoms with E-state index in [1.54, 1.807) is 35.1 Å². The average Bonchev–Trinajstić information content (AvgIpc) is 3.31. The van der Waals surface area contributed by atoms with E-state index in [0.717, 1.165) is 11.3 Å². The number of Topliss-reactive ketones (excluding diaryl/α,β-unsaturated/α-hetero) is 1. The molecule has 0 unspecified atom stereocenters. The zero-order valence-electron chi connectivity index (χ0n) is 13.4. The van der Waals surface area contributed by atoms with Gasteiger partial charge in [0.2, 0.25) is 5.91 Å². The van der Waals surface area contributed by atoms with Crippen molar-refractivity contribution < 1.29 is 14.0 Å².